The first-order valence-corrected chi connectivity index (χ1v) is 12.9. The summed E-state index contributed by atoms with van der Waals surface area (Å²) in [5, 5.41) is 2.49. The summed E-state index contributed by atoms with van der Waals surface area (Å²) in [5.74, 6) is 0.553. The van der Waals surface area contributed by atoms with Crippen molar-refractivity contribution in [2.24, 2.45) is 0 Å². The number of thiophene rings is 1. The topological polar surface area (TPSA) is 49.9 Å². The highest BCUT2D eigenvalue weighted by Crippen LogP contribution is 2.35. The summed E-state index contributed by atoms with van der Waals surface area (Å²) in [7, 11) is 0. The van der Waals surface area contributed by atoms with Crippen LogP contribution >= 0.6 is 22.9 Å². The fourth-order valence-corrected chi connectivity index (χ4v) is 5.61. The summed E-state index contributed by atoms with van der Waals surface area (Å²) in [6, 6.07) is 17.0. The van der Waals surface area contributed by atoms with Gasteiger partial charge in [0.2, 0.25) is 5.91 Å². The molecule has 0 bridgehead atoms. The molecule has 0 N–H and O–H groups in total. The molecule has 1 aliphatic carbocycles. The van der Waals surface area contributed by atoms with Crippen molar-refractivity contribution in [1.82, 2.24) is 9.80 Å². The van der Waals surface area contributed by atoms with Crippen LogP contribution in [-0.4, -0.2) is 47.4 Å². The third-order valence-electron chi connectivity index (χ3n) is 6.50. The maximum atomic E-state index is 13.6. The largest absolute Gasteiger partial charge is 0.491 e. The fourth-order valence-electron chi connectivity index (χ4n) is 4.46. The molecule has 2 aromatic carbocycles. The predicted octanol–water partition coefficient (Wildman–Crippen LogP) is 5.52. The van der Waals surface area contributed by atoms with Crippen LogP contribution in [0, 0.1) is 6.92 Å². The summed E-state index contributed by atoms with van der Waals surface area (Å²) in [4.78, 5) is 31.8. The second-order valence-corrected chi connectivity index (χ2v) is 10.3. The van der Waals surface area contributed by atoms with E-state index in [9.17, 15) is 9.59 Å². The fraction of sp³-hybridized carbons (Fsp3) is 0.333. The van der Waals surface area contributed by atoms with E-state index in [0.29, 0.717) is 23.7 Å². The van der Waals surface area contributed by atoms with Gasteiger partial charge in [0.1, 0.15) is 18.9 Å². The lowest BCUT2D eigenvalue weighted by Crippen LogP contribution is -2.48. The van der Waals surface area contributed by atoms with Gasteiger partial charge < -0.3 is 14.5 Å². The minimum atomic E-state index is -0.180. The molecule has 0 radical (unpaired) electrons. The number of halogens is 1. The Bertz CT molecular complexity index is 1190. The Morgan fingerprint density at radius 1 is 1.12 bits per heavy atom. The van der Waals surface area contributed by atoms with Crippen molar-refractivity contribution < 1.29 is 14.3 Å². The van der Waals surface area contributed by atoms with Crippen LogP contribution < -0.4 is 4.74 Å². The summed E-state index contributed by atoms with van der Waals surface area (Å²) in [6.45, 7) is 3.08. The molecule has 1 aliphatic heterocycles. The van der Waals surface area contributed by atoms with Gasteiger partial charge in [0.15, 0.2) is 0 Å². The molecule has 176 valence electrons. The number of carbonyl (C=O) groups is 2. The Morgan fingerprint density at radius 3 is 2.62 bits per heavy atom. The van der Waals surface area contributed by atoms with E-state index in [1.54, 1.807) is 40.5 Å². The van der Waals surface area contributed by atoms with Gasteiger partial charge in [-0.1, -0.05) is 41.4 Å². The molecule has 34 heavy (non-hydrogen) atoms. The van der Waals surface area contributed by atoms with E-state index < -0.39 is 0 Å². The molecule has 5 rings (SSSR count). The molecule has 1 atom stereocenters. The van der Waals surface area contributed by atoms with Crippen LogP contribution in [0.25, 0.3) is 0 Å². The predicted molar refractivity (Wildman–Crippen MR) is 135 cm³/mol. The third-order valence-corrected chi connectivity index (χ3v) is 7.83. The number of fused-ring (bicyclic) bond motifs is 1. The minimum absolute atomic E-state index is 0.0508. The highest BCUT2D eigenvalue weighted by atomic mass is 35.5. The average Bonchev–Trinajstić information content (AvgIpc) is 3.57. The van der Waals surface area contributed by atoms with Gasteiger partial charge in [-0.05, 0) is 67.5 Å². The first-order valence-electron chi connectivity index (χ1n) is 11.6. The number of carbonyl (C=O) groups excluding carboxylic acids is 2. The van der Waals surface area contributed by atoms with Crippen molar-refractivity contribution in [3.63, 3.8) is 0 Å². The van der Waals surface area contributed by atoms with Gasteiger partial charge in [0.25, 0.3) is 5.91 Å². The molecular formula is C27H27ClN2O3S. The van der Waals surface area contributed by atoms with E-state index >= 15 is 0 Å². The van der Waals surface area contributed by atoms with Crippen molar-refractivity contribution >= 4 is 34.8 Å². The Kier molecular flexibility index (Phi) is 6.61. The van der Waals surface area contributed by atoms with Crippen molar-refractivity contribution in [3.8, 4) is 5.75 Å². The van der Waals surface area contributed by atoms with Crippen LogP contribution in [-0.2, 0) is 11.2 Å². The lowest BCUT2D eigenvalue weighted by Gasteiger charge is -2.37. The lowest BCUT2D eigenvalue weighted by molar-refractivity contribution is -0.135. The number of rotatable bonds is 7. The SMILES string of the molecule is Cc1ccc(OC[C@H]2c3ccsc3CCN2C(=O)CN(C(=O)c2ccccc2Cl)C2CC2)cc1. The van der Waals surface area contributed by atoms with Gasteiger partial charge in [-0.15, -0.1) is 11.3 Å². The zero-order valence-corrected chi connectivity index (χ0v) is 20.6. The highest BCUT2D eigenvalue weighted by Gasteiger charge is 2.38. The first-order chi connectivity index (χ1) is 16.5. The zero-order chi connectivity index (χ0) is 23.7. The van der Waals surface area contributed by atoms with Crippen LogP contribution in [0.4, 0.5) is 0 Å². The molecule has 2 heterocycles. The van der Waals surface area contributed by atoms with Gasteiger partial charge in [0, 0.05) is 17.5 Å². The molecule has 0 unspecified atom stereocenters. The van der Waals surface area contributed by atoms with Crippen LogP contribution in [0.1, 0.15) is 45.2 Å². The summed E-state index contributed by atoms with van der Waals surface area (Å²) in [5.41, 5.74) is 2.76. The Hall–Kier alpha value is -2.83. The van der Waals surface area contributed by atoms with Crippen LogP contribution in [0.3, 0.4) is 0 Å². The Labute approximate surface area is 208 Å². The minimum Gasteiger partial charge on any atom is -0.491 e. The average molecular weight is 495 g/mol. The number of nitrogens with zero attached hydrogens (tertiary/aromatic N) is 2. The number of benzene rings is 2. The lowest BCUT2D eigenvalue weighted by atomic mass is 10.0. The van der Waals surface area contributed by atoms with Gasteiger partial charge in [-0.3, -0.25) is 9.59 Å². The molecule has 7 heteroatoms. The van der Waals surface area contributed by atoms with Crippen molar-refractivity contribution in [2.75, 3.05) is 19.7 Å². The highest BCUT2D eigenvalue weighted by molar-refractivity contribution is 7.10. The number of hydrogen-bond acceptors (Lipinski definition) is 4. The molecule has 2 aliphatic rings. The summed E-state index contributed by atoms with van der Waals surface area (Å²) >= 11 is 8.02. The maximum absolute atomic E-state index is 13.6. The van der Waals surface area contributed by atoms with E-state index in [1.165, 1.54) is 10.4 Å². The van der Waals surface area contributed by atoms with E-state index in [0.717, 1.165) is 30.6 Å². The van der Waals surface area contributed by atoms with E-state index in [2.05, 4.69) is 11.4 Å². The molecule has 1 aromatic heterocycles. The number of aryl methyl sites for hydroxylation is 1. The standard InChI is InChI=1S/C27H27ClN2O3S/c1-18-6-10-20(11-7-18)33-17-24-22-13-15-34-25(22)12-14-29(24)26(31)16-30(19-8-9-19)27(32)21-4-2-3-5-23(21)28/h2-7,10-11,13,15,19,24H,8-9,12,14,16-17H2,1H3/t24-/m0/s1. The third kappa shape index (κ3) is 4.84. The summed E-state index contributed by atoms with van der Waals surface area (Å²) < 4.78 is 6.12. The first kappa shape index (κ1) is 22.9. The molecule has 1 saturated carbocycles. The maximum Gasteiger partial charge on any atom is 0.256 e. The molecule has 3 aromatic rings. The second kappa shape index (κ2) is 9.80. The Balaban J connectivity index is 1.34. The van der Waals surface area contributed by atoms with E-state index in [1.807, 2.05) is 36.1 Å². The van der Waals surface area contributed by atoms with Crippen molar-refractivity contribution in [2.45, 2.75) is 38.3 Å². The van der Waals surface area contributed by atoms with Gasteiger partial charge in [-0.2, -0.15) is 0 Å². The van der Waals surface area contributed by atoms with Crippen LogP contribution in [0.2, 0.25) is 5.02 Å². The zero-order valence-electron chi connectivity index (χ0n) is 19.1. The monoisotopic (exact) mass is 494 g/mol. The normalized spacial score (nSPS) is 17.2. The van der Waals surface area contributed by atoms with Crippen molar-refractivity contribution in [3.05, 3.63) is 86.6 Å². The van der Waals surface area contributed by atoms with Crippen LogP contribution in [0.5, 0.6) is 5.75 Å². The number of ether oxygens (including phenoxy) is 1. The van der Waals surface area contributed by atoms with Gasteiger partial charge in [0.05, 0.1) is 16.6 Å². The number of hydrogen-bond donors (Lipinski definition) is 0. The molecule has 1 fully saturated rings. The van der Waals surface area contributed by atoms with Gasteiger partial charge in [-0.25, -0.2) is 0 Å². The number of amides is 2. The molecular weight excluding hydrogens is 468 g/mol. The Morgan fingerprint density at radius 2 is 1.88 bits per heavy atom. The van der Waals surface area contributed by atoms with E-state index in [-0.39, 0.29) is 30.4 Å². The van der Waals surface area contributed by atoms with Crippen LogP contribution in [0.15, 0.2) is 60.0 Å². The van der Waals surface area contributed by atoms with Gasteiger partial charge >= 0.3 is 0 Å². The molecule has 0 spiro atoms. The smallest absolute Gasteiger partial charge is 0.256 e. The molecule has 2 amide bonds. The molecule has 5 nitrogen and oxygen atoms in total. The van der Waals surface area contributed by atoms with E-state index in [4.69, 9.17) is 16.3 Å². The summed E-state index contributed by atoms with van der Waals surface area (Å²) in [6.07, 6.45) is 2.65. The second-order valence-electron chi connectivity index (χ2n) is 8.92. The molecule has 0 saturated heterocycles. The quantitative estimate of drug-likeness (QED) is 0.434. The van der Waals surface area contributed by atoms with Crippen molar-refractivity contribution in [1.29, 1.82) is 0 Å².